The van der Waals surface area contributed by atoms with E-state index in [0.717, 1.165) is 6.42 Å². The fourth-order valence-electron chi connectivity index (χ4n) is 1.15. The van der Waals surface area contributed by atoms with Gasteiger partial charge in [0, 0.05) is 6.54 Å². The van der Waals surface area contributed by atoms with E-state index in [2.05, 4.69) is 5.32 Å². The van der Waals surface area contributed by atoms with Crippen molar-refractivity contribution in [1.29, 1.82) is 0 Å². The number of nitrogens with one attached hydrogen (secondary N) is 1. The minimum absolute atomic E-state index is 0.0687. The Labute approximate surface area is 83.8 Å². The second-order valence-corrected chi connectivity index (χ2v) is 3.00. The first-order valence-electron chi connectivity index (χ1n) is 4.69. The van der Waals surface area contributed by atoms with E-state index in [1.807, 2.05) is 19.1 Å². The van der Waals surface area contributed by atoms with E-state index in [1.54, 1.807) is 13.0 Å². The SMILES string of the molecule is C/C=C/CCNC(=O)c1ccoc1C. The Kier molecular flexibility index (Phi) is 3.98. The van der Waals surface area contributed by atoms with Gasteiger partial charge in [-0.05, 0) is 26.3 Å². The molecular weight excluding hydrogens is 178 g/mol. The van der Waals surface area contributed by atoms with Gasteiger partial charge in [0.15, 0.2) is 0 Å². The van der Waals surface area contributed by atoms with Crippen molar-refractivity contribution in [2.45, 2.75) is 20.3 Å². The molecule has 0 spiro atoms. The number of carbonyl (C=O) groups is 1. The normalized spacial score (nSPS) is 10.7. The maximum Gasteiger partial charge on any atom is 0.254 e. The summed E-state index contributed by atoms with van der Waals surface area (Å²) in [6, 6.07) is 1.68. The third kappa shape index (κ3) is 2.76. The number of furan rings is 1. The van der Waals surface area contributed by atoms with Crippen LogP contribution in [0, 0.1) is 6.92 Å². The molecule has 0 aromatic carbocycles. The van der Waals surface area contributed by atoms with Crippen LogP contribution in [0.25, 0.3) is 0 Å². The highest BCUT2D eigenvalue weighted by atomic mass is 16.3. The van der Waals surface area contributed by atoms with Gasteiger partial charge in [-0.2, -0.15) is 0 Å². The molecule has 0 fully saturated rings. The van der Waals surface area contributed by atoms with Crippen molar-refractivity contribution < 1.29 is 9.21 Å². The van der Waals surface area contributed by atoms with Crippen LogP contribution in [0.2, 0.25) is 0 Å². The molecule has 0 aliphatic rings. The zero-order valence-electron chi connectivity index (χ0n) is 8.54. The maximum absolute atomic E-state index is 11.5. The fourth-order valence-corrected chi connectivity index (χ4v) is 1.15. The van der Waals surface area contributed by atoms with Gasteiger partial charge in [0.2, 0.25) is 0 Å². The number of rotatable bonds is 4. The van der Waals surface area contributed by atoms with Crippen LogP contribution in [0.1, 0.15) is 29.5 Å². The quantitative estimate of drug-likeness (QED) is 0.588. The molecule has 0 aliphatic heterocycles. The Morgan fingerprint density at radius 3 is 3.00 bits per heavy atom. The zero-order chi connectivity index (χ0) is 10.4. The summed E-state index contributed by atoms with van der Waals surface area (Å²) in [5.41, 5.74) is 0.616. The smallest absolute Gasteiger partial charge is 0.254 e. The Morgan fingerprint density at radius 1 is 1.64 bits per heavy atom. The summed E-state index contributed by atoms with van der Waals surface area (Å²) in [5.74, 6) is 0.592. The van der Waals surface area contributed by atoms with Gasteiger partial charge < -0.3 is 9.73 Å². The molecule has 0 radical (unpaired) electrons. The molecule has 0 saturated heterocycles. The summed E-state index contributed by atoms with van der Waals surface area (Å²) < 4.78 is 5.04. The summed E-state index contributed by atoms with van der Waals surface area (Å²) in [7, 11) is 0. The minimum atomic E-state index is -0.0687. The van der Waals surface area contributed by atoms with Crippen molar-refractivity contribution in [1.82, 2.24) is 5.32 Å². The second-order valence-electron chi connectivity index (χ2n) is 3.00. The number of allylic oxidation sites excluding steroid dienone is 1. The monoisotopic (exact) mass is 193 g/mol. The van der Waals surface area contributed by atoms with Crippen molar-refractivity contribution in [2.75, 3.05) is 6.54 Å². The van der Waals surface area contributed by atoms with E-state index in [-0.39, 0.29) is 5.91 Å². The van der Waals surface area contributed by atoms with Gasteiger partial charge in [0.25, 0.3) is 5.91 Å². The molecule has 3 nitrogen and oxygen atoms in total. The van der Waals surface area contributed by atoms with Crippen LogP contribution in [-0.2, 0) is 0 Å². The van der Waals surface area contributed by atoms with Crippen molar-refractivity contribution in [2.24, 2.45) is 0 Å². The third-order valence-electron chi connectivity index (χ3n) is 1.94. The molecule has 1 aromatic heterocycles. The minimum Gasteiger partial charge on any atom is -0.469 e. The molecular formula is C11H15NO2. The van der Waals surface area contributed by atoms with E-state index in [4.69, 9.17) is 4.42 Å². The van der Waals surface area contributed by atoms with Crippen LogP contribution in [0.3, 0.4) is 0 Å². The molecule has 1 amide bonds. The van der Waals surface area contributed by atoms with Crippen molar-refractivity contribution in [3.63, 3.8) is 0 Å². The molecule has 0 bridgehead atoms. The largest absolute Gasteiger partial charge is 0.469 e. The van der Waals surface area contributed by atoms with E-state index in [9.17, 15) is 4.79 Å². The van der Waals surface area contributed by atoms with Gasteiger partial charge in [0.1, 0.15) is 5.76 Å². The van der Waals surface area contributed by atoms with E-state index in [1.165, 1.54) is 6.26 Å². The lowest BCUT2D eigenvalue weighted by Gasteiger charge is -2.01. The molecule has 1 aromatic rings. The van der Waals surface area contributed by atoms with E-state index >= 15 is 0 Å². The lowest BCUT2D eigenvalue weighted by molar-refractivity contribution is 0.0953. The van der Waals surface area contributed by atoms with Gasteiger partial charge in [0.05, 0.1) is 11.8 Å². The summed E-state index contributed by atoms with van der Waals surface area (Å²) in [5, 5.41) is 2.81. The molecule has 3 heteroatoms. The van der Waals surface area contributed by atoms with Crippen LogP contribution in [0.5, 0.6) is 0 Å². The number of amides is 1. The Bertz CT molecular complexity index is 326. The number of hydrogen-bond acceptors (Lipinski definition) is 2. The lowest BCUT2D eigenvalue weighted by Crippen LogP contribution is -2.24. The summed E-state index contributed by atoms with van der Waals surface area (Å²) in [6.07, 6.45) is 6.37. The van der Waals surface area contributed by atoms with Crippen molar-refractivity contribution in [3.8, 4) is 0 Å². The molecule has 1 rings (SSSR count). The van der Waals surface area contributed by atoms with Gasteiger partial charge in [-0.1, -0.05) is 12.2 Å². The average Bonchev–Trinajstić information content (AvgIpc) is 2.59. The summed E-state index contributed by atoms with van der Waals surface area (Å²) >= 11 is 0. The van der Waals surface area contributed by atoms with Crippen LogP contribution in [0.15, 0.2) is 28.9 Å². The highest BCUT2D eigenvalue weighted by Crippen LogP contribution is 2.07. The van der Waals surface area contributed by atoms with Gasteiger partial charge in [-0.25, -0.2) is 0 Å². The third-order valence-corrected chi connectivity index (χ3v) is 1.94. The summed E-state index contributed by atoms with van der Waals surface area (Å²) in [6.45, 7) is 4.40. The van der Waals surface area contributed by atoms with Crippen LogP contribution in [-0.4, -0.2) is 12.5 Å². The molecule has 1 heterocycles. The lowest BCUT2D eigenvalue weighted by atomic mass is 10.2. The highest BCUT2D eigenvalue weighted by molar-refractivity contribution is 5.94. The molecule has 1 N–H and O–H groups in total. The van der Waals surface area contributed by atoms with E-state index in [0.29, 0.717) is 17.9 Å². The maximum atomic E-state index is 11.5. The van der Waals surface area contributed by atoms with Crippen LogP contribution in [0.4, 0.5) is 0 Å². The molecule has 0 atom stereocenters. The number of carbonyl (C=O) groups excluding carboxylic acids is 1. The first-order chi connectivity index (χ1) is 6.75. The van der Waals surface area contributed by atoms with Crippen LogP contribution < -0.4 is 5.32 Å². The standard InChI is InChI=1S/C11H15NO2/c1-3-4-5-7-12-11(13)10-6-8-14-9(10)2/h3-4,6,8H,5,7H2,1-2H3,(H,12,13)/b4-3+. The summed E-state index contributed by atoms with van der Waals surface area (Å²) in [4.78, 5) is 11.5. The Morgan fingerprint density at radius 2 is 2.43 bits per heavy atom. The predicted molar refractivity (Wildman–Crippen MR) is 55.2 cm³/mol. The van der Waals surface area contributed by atoms with Crippen LogP contribution >= 0.6 is 0 Å². The molecule has 0 unspecified atom stereocenters. The topological polar surface area (TPSA) is 42.2 Å². The first-order valence-corrected chi connectivity index (χ1v) is 4.69. The number of hydrogen-bond donors (Lipinski definition) is 1. The van der Waals surface area contributed by atoms with Crippen molar-refractivity contribution in [3.05, 3.63) is 35.8 Å². The van der Waals surface area contributed by atoms with Crippen molar-refractivity contribution >= 4 is 5.91 Å². The second kappa shape index (κ2) is 5.27. The zero-order valence-corrected chi connectivity index (χ0v) is 8.54. The Balaban J connectivity index is 2.40. The first kappa shape index (κ1) is 10.6. The fraction of sp³-hybridized carbons (Fsp3) is 0.364. The molecule has 76 valence electrons. The molecule has 0 aliphatic carbocycles. The molecule has 0 saturated carbocycles. The van der Waals surface area contributed by atoms with Gasteiger partial charge >= 0.3 is 0 Å². The number of aryl methyl sites for hydroxylation is 1. The van der Waals surface area contributed by atoms with Gasteiger partial charge in [-0.15, -0.1) is 0 Å². The van der Waals surface area contributed by atoms with E-state index < -0.39 is 0 Å². The average molecular weight is 193 g/mol. The highest BCUT2D eigenvalue weighted by Gasteiger charge is 2.09. The molecule has 14 heavy (non-hydrogen) atoms. The Hall–Kier alpha value is -1.51. The predicted octanol–water partition coefficient (Wildman–Crippen LogP) is 2.28. The van der Waals surface area contributed by atoms with Gasteiger partial charge in [-0.3, -0.25) is 4.79 Å².